The summed E-state index contributed by atoms with van der Waals surface area (Å²) in [4.78, 5) is 2.33. The molecule has 0 fully saturated rings. The molecule has 7 aromatic carbocycles. The molecule has 2 heterocycles. The van der Waals surface area contributed by atoms with Crippen LogP contribution in [-0.4, -0.2) is 0 Å². The number of anilines is 3. The Bertz CT molecular complexity index is 2510. The van der Waals surface area contributed by atoms with Crippen LogP contribution >= 0.6 is 22.9 Å². The first-order valence-corrected chi connectivity index (χ1v) is 15.8. The van der Waals surface area contributed by atoms with Gasteiger partial charge in [0.25, 0.3) is 0 Å². The van der Waals surface area contributed by atoms with Gasteiger partial charge in [0.2, 0.25) is 0 Å². The van der Waals surface area contributed by atoms with Gasteiger partial charge in [-0.2, -0.15) is 0 Å². The van der Waals surface area contributed by atoms with E-state index in [0.29, 0.717) is 5.02 Å². The van der Waals surface area contributed by atoms with Gasteiger partial charge in [0.15, 0.2) is 5.58 Å². The number of halogens is 1. The van der Waals surface area contributed by atoms with Gasteiger partial charge in [-0.25, -0.2) is 0 Å². The molecule has 9 aromatic rings. The van der Waals surface area contributed by atoms with E-state index in [9.17, 15) is 0 Å². The predicted octanol–water partition coefficient (Wildman–Crippen LogP) is 12.9. The first kappa shape index (κ1) is 25.4. The van der Waals surface area contributed by atoms with E-state index in [0.717, 1.165) is 55.5 Å². The Morgan fingerprint density at radius 2 is 1.20 bits per heavy atom. The molecule has 9 rings (SSSR count). The van der Waals surface area contributed by atoms with Crippen molar-refractivity contribution in [3.8, 4) is 11.1 Å². The Morgan fingerprint density at radius 1 is 0.523 bits per heavy atom. The average Bonchev–Trinajstić information content (AvgIpc) is 3.64. The lowest BCUT2D eigenvalue weighted by Gasteiger charge is -2.26. The van der Waals surface area contributed by atoms with E-state index in [2.05, 4.69) is 144 Å². The molecule has 0 bridgehead atoms. The van der Waals surface area contributed by atoms with Gasteiger partial charge in [0.1, 0.15) is 5.58 Å². The summed E-state index contributed by atoms with van der Waals surface area (Å²) in [6.45, 7) is 0. The highest BCUT2D eigenvalue weighted by Gasteiger charge is 2.18. The number of fused-ring (bicyclic) bond motifs is 7. The van der Waals surface area contributed by atoms with Gasteiger partial charge in [-0.15, -0.1) is 11.3 Å². The first-order chi connectivity index (χ1) is 21.7. The summed E-state index contributed by atoms with van der Waals surface area (Å²) in [5, 5.41) is 7.64. The van der Waals surface area contributed by atoms with Gasteiger partial charge < -0.3 is 9.32 Å². The fourth-order valence-electron chi connectivity index (χ4n) is 6.44. The van der Waals surface area contributed by atoms with Crippen LogP contribution in [0.3, 0.4) is 0 Å². The monoisotopic (exact) mass is 601 g/mol. The van der Waals surface area contributed by atoms with E-state index in [1.807, 2.05) is 17.4 Å². The first-order valence-electron chi connectivity index (χ1n) is 14.6. The van der Waals surface area contributed by atoms with Crippen LogP contribution in [0.1, 0.15) is 0 Å². The summed E-state index contributed by atoms with van der Waals surface area (Å²) < 4.78 is 8.96. The van der Waals surface area contributed by atoms with E-state index >= 15 is 0 Å². The Hall–Kier alpha value is -5.09. The van der Waals surface area contributed by atoms with Crippen LogP contribution in [-0.2, 0) is 0 Å². The molecule has 0 saturated carbocycles. The second-order valence-electron chi connectivity index (χ2n) is 11.1. The molecule has 0 aliphatic carbocycles. The molecular weight excluding hydrogens is 578 g/mol. The lowest BCUT2D eigenvalue weighted by atomic mass is 9.98. The lowest BCUT2D eigenvalue weighted by Crippen LogP contribution is -2.09. The third-order valence-corrected chi connectivity index (χ3v) is 9.96. The van der Waals surface area contributed by atoms with Crippen LogP contribution in [0.4, 0.5) is 17.1 Å². The molecule has 44 heavy (non-hydrogen) atoms. The SMILES string of the molecule is Clc1ccc(-c2ccc(N(c3ccccc3)c3ccc4sc5ccccc5c4c3)cc2)c2c1oc1cc3ccccc3cc12. The number of nitrogens with zero attached hydrogens (tertiary/aromatic N) is 1. The van der Waals surface area contributed by atoms with Gasteiger partial charge in [-0.3, -0.25) is 0 Å². The number of rotatable bonds is 4. The highest BCUT2D eigenvalue weighted by Crippen LogP contribution is 2.44. The fourth-order valence-corrected chi connectivity index (χ4v) is 7.72. The lowest BCUT2D eigenvalue weighted by molar-refractivity contribution is 0.669. The van der Waals surface area contributed by atoms with Gasteiger partial charge in [0, 0.05) is 48.0 Å². The zero-order valence-corrected chi connectivity index (χ0v) is 25.1. The molecule has 0 atom stereocenters. The van der Waals surface area contributed by atoms with E-state index in [-0.39, 0.29) is 0 Å². The van der Waals surface area contributed by atoms with E-state index in [4.69, 9.17) is 16.0 Å². The third-order valence-electron chi connectivity index (χ3n) is 8.51. The minimum atomic E-state index is 0.618. The summed E-state index contributed by atoms with van der Waals surface area (Å²) >= 11 is 8.53. The van der Waals surface area contributed by atoms with Gasteiger partial charge >= 0.3 is 0 Å². The van der Waals surface area contributed by atoms with Crippen molar-refractivity contribution in [2.45, 2.75) is 0 Å². The van der Waals surface area contributed by atoms with Crippen LogP contribution in [0.25, 0.3) is 64.0 Å². The summed E-state index contributed by atoms with van der Waals surface area (Å²) in [7, 11) is 0. The topological polar surface area (TPSA) is 16.4 Å². The Balaban J connectivity index is 1.20. The molecule has 0 saturated heterocycles. The Morgan fingerprint density at radius 3 is 2.05 bits per heavy atom. The standard InChI is InChI=1S/C40H24ClNOS/c41-35-20-19-31(39-34-22-26-8-4-5-9-27(26)23-36(34)43-40(35)39)25-14-16-29(17-15-25)42(28-10-2-1-3-11-28)30-18-21-38-33(24-30)32-12-6-7-13-37(32)44-38/h1-24H. The highest BCUT2D eigenvalue weighted by atomic mass is 35.5. The largest absolute Gasteiger partial charge is 0.454 e. The second kappa shape index (κ2) is 9.99. The van der Waals surface area contributed by atoms with Crippen LogP contribution in [0, 0.1) is 0 Å². The van der Waals surface area contributed by atoms with Crippen molar-refractivity contribution >= 4 is 92.9 Å². The maximum Gasteiger partial charge on any atom is 0.154 e. The molecule has 0 radical (unpaired) electrons. The number of hydrogen-bond donors (Lipinski definition) is 0. The summed E-state index contributed by atoms with van der Waals surface area (Å²) in [6, 6.07) is 51.6. The number of para-hydroxylation sites is 1. The molecular formula is C40H24ClNOS. The van der Waals surface area contributed by atoms with Crippen molar-refractivity contribution in [2.75, 3.05) is 4.90 Å². The van der Waals surface area contributed by atoms with Gasteiger partial charge in [-0.1, -0.05) is 90.5 Å². The van der Waals surface area contributed by atoms with Crippen molar-refractivity contribution in [1.29, 1.82) is 0 Å². The van der Waals surface area contributed by atoms with Crippen molar-refractivity contribution in [3.05, 3.63) is 151 Å². The molecule has 0 aliphatic heterocycles. The normalized spacial score (nSPS) is 11.8. The molecule has 0 amide bonds. The quantitative estimate of drug-likeness (QED) is 0.199. The Kier molecular flexibility index (Phi) is 5.77. The Labute approximate surface area is 263 Å². The van der Waals surface area contributed by atoms with Crippen LogP contribution in [0.15, 0.2) is 150 Å². The van der Waals surface area contributed by atoms with Gasteiger partial charge in [0.05, 0.1) is 5.02 Å². The molecule has 0 N–H and O–H groups in total. The number of furan rings is 1. The van der Waals surface area contributed by atoms with Crippen LogP contribution < -0.4 is 4.90 Å². The summed E-state index contributed by atoms with van der Waals surface area (Å²) in [5.41, 5.74) is 7.10. The summed E-state index contributed by atoms with van der Waals surface area (Å²) in [6.07, 6.45) is 0. The fraction of sp³-hybridized carbons (Fsp3) is 0. The average molecular weight is 602 g/mol. The highest BCUT2D eigenvalue weighted by molar-refractivity contribution is 7.25. The van der Waals surface area contributed by atoms with E-state index < -0.39 is 0 Å². The van der Waals surface area contributed by atoms with Crippen molar-refractivity contribution in [3.63, 3.8) is 0 Å². The zero-order valence-electron chi connectivity index (χ0n) is 23.5. The molecule has 2 nitrogen and oxygen atoms in total. The molecule has 4 heteroatoms. The van der Waals surface area contributed by atoms with Crippen LogP contribution in [0.5, 0.6) is 0 Å². The van der Waals surface area contributed by atoms with Crippen molar-refractivity contribution < 1.29 is 4.42 Å². The minimum absolute atomic E-state index is 0.618. The smallest absolute Gasteiger partial charge is 0.154 e. The molecule has 0 unspecified atom stereocenters. The van der Waals surface area contributed by atoms with Gasteiger partial charge in [-0.05, 0) is 88.6 Å². The third kappa shape index (κ3) is 4.01. The number of benzene rings is 7. The minimum Gasteiger partial charge on any atom is -0.454 e. The maximum atomic E-state index is 6.69. The molecule has 2 aromatic heterocycles. The van der Waals surface area contributed by atoms with E-state index in [1.165, 1.54) is 25.6 Å². The number of hydrogen-bond acceptors (Lipinski definition) is 3. The number of thiophene rings is 1. The maximum absolute atomic E-state index is 6.69. The molecule has 0 spiro atoms. The predicted molar refractivity (Wildman–Crippen MR) is 189 cm³/mol. The molecule has 0 aliphatic rings. The molecule has 208 valence electrons. The van der Waals surface area contributed by atoms with E-state index in [1.54, 1.807) is 0 Å². The van der Waals surface area contributed by atoms with Crippen molar-refractivity contribution in [2.24, 2.45) is 0 Å². The van der Waals surface area contributed by atoms with Crippen LogP contribution in [0.2, 0.25) is 5.02 Å². The second-order valence-corrected chi connectivity index (χ2v) is 12.6. The summed E-state index contributed by atoms with van der Waals surface area (Å²) in [5.74, 6) is 0. The van der Waals surface area contributed by atoms with Crippen molar-refractivity contribution in [1.82, 2.24) is 0 Å². The zero-order chi connectivity index (χ0) is 29.2.